The second-order valence-corrected chi connectivity index (χ2v) is 2.16. The predicted octanol–water partition coefficient (Wildman–Crippen LogP) is -1.53. The molecule has 0 saturated carbocycles. The highest BCUT2D eigenvalue weighted by Crippen LogP contribution is 1.90. The van der Waals surface area contributed by atoms with Gasteiger partial charge in [-0.25, -0.2) is 0 Å². The number of aromatic nitrogens is 1. The molecule has 0 aliphatic rings. The second kappa shape index (κ2) is 2.72. The molecule has 3 heteroatoms. The van der Waals surface area contributed by atoms with Crippen molar-refractivity contribution in [3.05, 3.63) is 23.9 Å². The van der Waals surface area contributed by atoms with Crippen molar-refractivity contribution in [2.45, 2.75) is 6.32 Å². The zero-order valence-electron chi connectivity index (χ0n) is 5.89. The van der Waals surface area contributed by atoms with E-state index in [1.807, 2.05) is 20.1 Å². The molecule has 0 amide bonds. The molecule has 0 radical (unpaired) electrons. The van der Waals surface area contributed by atoms with Gasteiger partial charge >= 0.3 is 0 Å². The van der Waals surface area contributed by atoms with Crippen molar-refractivity contribution in [1.82, 2.24) is 4.98 Å². The largest absolute Gasteiger partial charge is 0.272 e. The Balaban J connectivity index is 2.88. The summed E-state index contributed by atoms with van der Waals surface area (Å²) in [6.45, 7) is 0. The lowest BCUT2D eigenvalue weighted by Crippen LogP contribution is -2.06. The molecule has 1 heterocycles. The Hall–Kier alpha value is -0.720. The van der Waals surface area contributed by atoms with Crippen molar-refractivity contribution in [3.63, 3.8) is 0 Å². The summed E-state index contributed by atoms with van der Waals surface area (Å²) in [6.07, 6.45) is 3.00. The summed E-state index contributed by atoms with van der Waals surface area (Å²) in [5.74, 6) is 0. The van der Waals surface area contributed by atoms with Gasteiger partial charge in [0.25, 0.3) is 0 Å². The van der Waals surface area contributed by atoms with E-state index >= 15 is 0 Å². The van der Waals surface area contributed by atoms with Crippen LogP contribution in [0.5, 0.6) is 0 Å². The van der Waals surface area contributed by atoms with Gasteiger partial charge in [0.05, 0.1) is 0 Å². The average Bonchev–Trinajstić information content (AvgIpc) is 1.90. The van der Waals surface area contributed by atoms with Crippen LogP contribution in [0.4, 0.5) is 0 Å². The van der Waals surface area contributed by atoms with Gasteiger partial charge in [-0.3, -0.25) is 4.98 Å². The Bertz CT molecular complexity index is 183. The zero-order valence-corrected chi connectivity index (χ0v) is 5.89. The van der Waals surface area contributed by atoms with Gasteiger partial charge in [-0.15, -0.1) is 0 Å². The maximum Gasteiger partial charge on any atom is 0.163 e. The van der Waals surface area contributed by atoms with Crippen LogP contribution < -0.4 is 5.59 Å². The van der Waals surface area contributed by atoms with Gasteiger partial charge in [-0.05, 0) is 11.2 Å². The molecule has 0 aliphatic carbocycles. The summed E-state index contributed by atoms with van der Waals surface area (Å²) in [7, 11) is 4.13. The lowest BCUT2D eigenvalue weighted by atomic mass is 9.96. The smallest absolute Gasteiger partial charge is 0.163 e. The lowest BCUT2D eigenvalue weighted by Gasteiger charge is -1.93. The minimum absolute atomic E-state index is 1.08. The van der Waals surface area contributed by atoms with Crippen molar-refractivity contribution in [3.8, 4) is 0 Å². The van der Waals surface area contributed by atoms with Crippen LogP contribution in [0.3, 0.4) is 0 Å². The summed E-state index contributed by atoms with van der Waals surface area (Å²) in [5.41, 5.74) is 2.40. The maximum absolute atomic E-state index is 4.15. The van der Waals surface area contributed by atoms with Crippen molar-refractivity contribution >= 4 is 21.3 Å². The number of hydrogen-bond donors (Lipinski definition) is 0. The van der Waals surface area contributed by atoms with Crippen LogP contribution in [0, 0.1) is 0 Å². The molecule has 9 heavy (non-hydrogen) atoms. The molecule has 0 fully saturated rings. The Morgan fingerprint density at radius 3 is 2.67 bits per heavy atom. The lowest BCUT2D eigenvalue weighted by molar-refractivity contribution is 1.28. The first-order valence-corrected chi connectivity index (χ1v) is 3.24. The fourth-order valence-corrected chi connectivity index (χ4v) is 0.708. The van der Waals surface area contributed by atoms with E-state index in [1.54, 1.807) is 0 Å². The molecular weight excluding hydrogens is 108 g/mol. The number of rotatable bonds is 1. The Kier molecular flexibility index (Phi) is 1.93. The molecule has 0 spiro atoms. The summed E-state index contributed by atoms with van der Waals surface area (Å²) in [5, 5.41) is 0. The molecular formula is C6H9B2N. The molecule has 0 atom stereocenters. The average molecular weight is 117 g/mol. The monoisotopic (exact) mass is 117 g/mol. The zero-order chi connectivity index (χ0) is 6.69. The molecule has 1 aromatic heterocycles. The van der Waals surface area contributed by atoms with Crippen molar-refractivity contribution in [2.24, 2.45) is 0 Å². The van der Waals surface area contributed by atoms with Gasteiger partial charge in [-0.2, -0.15) is 0 Å². The number of nitrogens with zero attached hydrogens (tertiary/aromatic N) is 1. The summed E-state index contributed by atoms with van der Waals surface area (Å²) in [4.78, 5) is 4.15. The first-order valence-electron chi connectivity index (χ1n) is 3.24. The second-order valence-electron chi connectivity index (χ2n) is 2.16. The quantitative estimate of drug-likeness (QED) is 0.406. The molecule has 0 aliphatic heterocycles. The van der Waals surface area contributed by atoms with Gasteiger partial charge < -0.3 is 0 Å². The number of hydrogen-bond acceptors (Lipinski definition) is 1. The molecule has 0 aromatic carbocycles. The third-order valence-corrected chi connectivity index (χ3v) is 1.38. The number of pyridine rings is 1. The molecule has 0 bridgehead atoms. The third-order valence-electron chi connectivity index (χ3n) is 1.38. The van der Waals surface area contributed by atoms with E-state index < -0.39 is 0 Å². The van der Waals surface area contributed by atoms with Crippen LogP contribution in [-0.2, 0) is 6.32 Å². The molecule has 1 nitrogen and oxygen atoms in total. The minimum Gasteiger partial charge on any atom is -0.272 e. The Labute approximate surface area is 57.3 Å². The van der Waals surface area contributed by atoms with Crippen LogP contribution in [0.25, 0.3) is 0 Å². The highest BCUT2D eigenvalue weighted by molar-refractivity contribution is 6.30. The molecule has 0 N–H and O–H groups in total. The van der Waals surface area contributed by atoms with E-state index in [0.717, 1.165) is 11.9 Å². The van der Waals surface area contributed by atoms with E-state index in [9.17, 15) is 0 Å². The third kappa shape index (κ3) is 1.60. The molecule has 44 valence electrons. The van der Waals surface area contributed by atoms with E-state index in [4.69, 9.17) is 0 Å². The van der Waals surface area contributed by atoms with Crippen LogP contribution in [-0.4, -0.2) is 20.7 Å². The van der Waals surface area contributed by atoms with Gasteiger partial charge in [0.2, 0.25) is 0 Å². The van der Waals surface area contributed by atoms with Crippen molar-refractivity contribution in [1.29, 1.82) is 0 Å². The Morgan fingerprint density at radius 1 is 1.44 bits per heavy atom. The van der Waals surface area contributed by atoms with Gasteiger partial charge in [0, 0.05) is 6.20 Å². The van der Waals surface area contributed by atoms with E-state index in [1.165, 1.54) is 5.56 Å². The molecule has 1 aromatic rings. The predicted molar refractivity (Wildman–Crippen MR) is 44.7 cm³/mol. The van der Waals surface area contributed by atoms with E-state index in [2.05, 4.69) is 18.9 Å². The van der Waals surface area contributed by atoms with Crippen LogP contribution in [0.2, 0.25) is 0 Å². The van der Waals surface area contributed by atoms with Gasteiger partial charge in [0.1, 0.15) is 7.85 Å². The van der Waals surface area contributed by atoms with E-state index in [-0.39, 0.29) is 0 Å². The summed E-state index contributed by atoms with van der Waals surface area (Å²) in [6, 6.07) is 4.15. The first kappa shape index (κ1) is 6.40. The van der Waals surface area contributed by atoms with Gasteiger partial charge in [0.15, 0.2) is 7.85 Å². The first-order chi connectivity index (χ1) is 4.33. The highest BCUT2D eigenvalue weighted by Gasteiger charge is 1.86. The van der Waals surface area contributed by atoms with Crippen molar-refractivity contribution in [2.75, 3.05) is 0 Å². The fourth-order valence-electron chi connectivity index (χ4n) is 0.708. The standard InChI is InChI=1S/C6H9B2N/c7-3-5-1-2-6(8)9-4-5/h1-2,4H,3,7-8H2. The molecule has 1 rings (SSSR count). The van der Waals surface area contributed by atoms with Crippen LogP contribution in [0.15, 0.2) is 18.3 Å². The summed E-state index contributed by atoms with van der Waals surface area (Å²) >= 11 is 0. The van der Waals surface area contributed by atoms with Gasteiger partial charge in [-0.1, -0.05) is 18.5 Å². The normalized spacial score (nSPS) is 9.33. The molecule has 0 unspecified atom stereocenters. The van der Waals surface area contributed by atoms with Crippen LogP contribution in [0.1, 0.15) is 5.56 Å². The minimum atomic E-state index is 1.08. The highest BCUT2D eigenvalue weighted by atomic mass is 14.6. The molecule has 0 saturated heterocycles. The Morgan fingerprint density at radius 2 is 2.22 bits per heavy atom. The SMILES string of the molecule is BCc1ccc(B)nc1. The van der Waals surface area contributed by atoms with Crippen LogP contribution >= 0.6 is 0 Å². The van der Waals surface area contributed by atoms with Crippen molar-refractivity contribution < 1.29 is 0 Å². The topological polar surface area (TPSA) is 12.9 Å². The van der Waals surface area contributed by atoms with E-state index in [0.29, 0.717) is 0 Å². The summed E-state index contributed by atoms with van der Waals surface area (Å²) < 4.78 is 0. The fraction of sp³-hybridized carbons (Fsp3) is 0.167. The maximum atomic E-state index is 4.15.